The highest BCUT2D eigenvalue weighted by Crippen LogP contribution is 2.17. The van der Waals surface area contributed by atoms with E-state index in [0.29, 0.717) is 28.0 Å². The number of hydrogen-bond acceptors (Lipinski definition) is 6. The second-order valence-electron chi connectivity index (χ2n) is 7.21. The average Bonchev–Trinajstić information content (AvgIpc) is 3.33. The number of unbranched alkanes of at least 4 members (excludes halogenated alkanes) is 1. The molecule has 1 N–H and O–H groups in total. The molecule has 0 spiro atoms. The highest BCUT2D eigenvalue weighted by molar-refractivity contribution is 7.17. The highest BCUT2D eigenvalue weighted by atomic mass is 32.1. The first-order valence-electron chi connectivity index (χ1n) is 9.91. The second kappa shape index (κ2) is 8.31. The van der Waals surface area contributed by atoms with Gasteiger partial charge in [-0.1, -0.05) is 25.5 Å². The quantitative estimate of drug-likeness (QED) is 0.445. The fraction of sp³-hybridized carbons (Fsp3) is 0.286. The number of nitrogens with zero attached hydrogens (tertiary/aromatic N) is 4. The number of rotatable bonds is 7. The predicted molar refractivity (Wildman–Crippen MR) is 119 cm³/mol. The Labute approximate surface area is 180 Å². The molecule has 0 aliphatic heterocycles. The SMILES string of the molecule is CCCCn1c(=O)c2sccc2n2c(=O)n(CC(=O)Nc3cccc(C(C)=O)c3)nc12. The molecule has 3 heterocycles. The van der Waals surface area contributed by atoms with Crippen molar-refractivity contribution in [2.75, 3.05) is 5.32 Å². The van der Waals surface area contributed by atoms with Gasteiger partial charge in [0, 0.05) is 17.8 Å². The Hall–Kier alpha value is -3.53. The van der Waals surface area contributed by atoms with Crippen LogP contribution < -0.4 is 16.6 Å². The van der Waals surface area contributed by atoms with E-state index in [-0.39, 0.29) is 23.7 Å². The summed E-state index contributed by atoms with van der Waals surface area (Å²) in [6.07, 6.45) is 1.65. The van der Waals surface area contributed by atoms with Crippen LogP contribution in [0.25, 0.3) is 16.0 Å². The normalized spacial score (nSPS) is 11.3. The van der Waals surface area contributed by atoms with E-state index >= 15 is 0 Å². The van der Waals surface area contributed by atoms with Crippen LogP contribution in [0.5, 0.6) is 0 Å². The molecular weight excluding hydrogens is 418 g/mol. The molecule has 4 rings (SSSR count). The van der Waals surface area contributed by atoms with Gasteiger partial charge < -0.3 is 5.32 Å². The van der Waals surface area contributed by atoms with E-state index in [9.17, 15) is 19.2 Å². The van der Waals surface area contributed by atoms with E-state index in [2.05, 4.69) is 10.4 Å². The maximum absolute atomic E-state index is 13.0. The Morgan fingerprint density at radius 1 is 1.19 bits per heavy atom. The maximum Gasteiger partial charge on any atom is 0.352 e. The molecule has 9 nitrogen and oxygen atoms in total. The number of carbonyl (C=O) groups is 2. The molecule has 1 amide bonds. The lowest BCUT2D eigenvalue weighted by Gasteiger charge is -2.06. The molecular formula is C21H21N5O4S. The zero-order valence-electron chi connectivity index (χ0n) is 17.1. The summed E-state index contributed by atoms with van der Waals surface area (Å²) < 4.78 is 4.41. The molecule has 0 bridgehead atoms. The Balaban J connectivity index is 1.72. The second-order valence-corrected chi connectivity index (χ2v) is 8.12. The molecule has 1 aromatic carbocycles. The van der Waals surface area contributed by atoms with E-state index < -0.39 is 11.6 Å². The first-order chi connectivity index (χ1) is 14.9. The summed E-state index contributed by atoms with van der Waals surface area (Å²) in [5.41, 5.74) is 0.741. The van der Waals surface area contributed by atoms with Crippen LogP contribution in [0, 0.1) is 0 Å². The number of nitrogens with one attached hydrogen (secondary N) is 1. The number of carbonyl (C=O) groups excluding carboxylic acids is 2. The summed E-state index contributed by atoms with van der Waals surface area (Å²) in [5.74, 6) is -0.353. The van der Waals surface area contributed by atoms with Crippen LogP contribution >= 0.6 is 11.3 Å². The summed E-state index contributed by atoms with van der Waals surface area (Å²) in [4.78, 5) is 50.0. The summed E-state index contributed by atoms with van der Waals surface area (Å²) in [6.45, 7) is 3.58. The Morgan fingerprint density at radius 2 is 2.00 bits per heavy atom. The van der Waals surface area contributed by atoms with Crippen LogP contribution in [0.15, 0.2) is 45.3 Å². The Kier molecular flexibility index (Phi) is 5.55. The molecule has 0 aliphatic carbocycles. The van der Waals surface area contributed by atoms with Crippen molar-refractivity contribution in [2.24, 2.45) is 0 Å². The molecule has 0 radical (unpaired) electrons. The first-order valence-corrected chi connectivity index (χ1v) is 10.8. The van der Waals surface area contributed by atoms with Crippen LogP contribution in [-0.4, -0.2) is 30.4 Å². The standard InChI is InChI=1S/C21H21N5O4S/c1-3-4-9-24-19(29)18-16(8-10-31-18)26-20(24)23-25(21(26)30)12-17(28)22-15-7-5-6-14(11-15)13(2)27/h5-8,10-11H,3-4,9,12H2,1-2H3,(H,22,28). The third kappa shape index (κ3) is 3.81. The van der Waals surface area contributed by atoms with Crippen molar-refractivity contribution < 1.29 is 9.59 Å². The Morgan fingerprint density at radius 3 is 2.74 bits per heavy atom. The lowest BCUT2D eigenvalue weighted by molar-refractivity contribution is -0.117. The van der Waals surface area contributed by atoms with Gasteiger partial charge in [-0.2, -0.15) is 0 Å². The number of ketones is 1. The number of thiophene rings is 1. The minimum absolute atomic E-state index is 0.113. The number of fused-ring (bicyclic) bond motifs is 3. The van der Waals surface area contributed by atoms with Crippen LogP contribution in [0.4, 0.5) is 5.69 Å². The number of aryl methyl sites for hydroxylation is 1. The molecule has 10 heteroatoms. The molecule has 0 saturated carbocycles. The van der Waals surface area contributed by atoms with Crippen LogP contribution in [0.1, 0.15) is 37.0 Å². The molecule has 31 heavy (non-hydrogen) atoms. The fourth-order valence-corrected chi connectivity index (χ4v) is 4.23. The first kappa shape index (κ1) is 20.7. The molecule has 0 fully saturated rings. The van der Waals surface area contributed by atoms with E-state index in [1.54, 1.807) is 35.7 Å². The molecule has 0 atom stereocenters. The van der Waals surface area contributed by atoms with Gasteiger partial charge in [0.2, 0.25) is 11.7 Å². The number of aromatic nitrogens is 4. The third-order valence-electron chi connectivity index (χ3n) is 4.97. The van der Waals surface area contributed by atoms with E-state index in [1.807, 2.05) is 6.92 Å². The number of amides is 1. The van der Waals surface area contributed by atoms with Crippen molar-refractivity contribution in [3.63, 3.8) is 0 Å². The summed E-state index contributed by atoms with van der Waals surface area (Å²) in [6, 6.07) is 8.27. The maximum atomic E-state index is 13.0. The van der Waals surface area contributed by atoms with Crippen molar-refractivity contribution in [3.8, 4) is 0 Å². The van der Waals surface area contributed by atoms with Crippen molar-refractivity contribution in [1.82, 2.24) is 18.7 Å². The van der Waals surface area contributed by atoms with E-state index in [0.717, 1.165) is 17.5 Å². The van der Waals surface area contributed by atoms with Gasteiger partial charge in [-0.15, -0.1) is 16.4 Å². The molecule has 160 valence electrons. The summed E-state index contributed by atoms with van der Waals surface area (Å²) >= 11 is 1.28. The minimum Gasteiger partial charge on any atom is -0.324 e. The van der Waals surface area contributed by atoms with Crippen molar-refractivity contribution >= 4 is 44.7 Å². The number of anilines is 1. The molecule has 0 aliphatic rings. The zero-order valence-corrected chi connectivity index (χ0v) is 17.9. The number of hydrogen-bond donors (Lipinski definition) is 1. The Bertz CT molecular complexity index is 1430. The molecule has 0 unspecified atom stereocenters. The van der Waals surface area contributed by atoms with Gasteiger partial charge in [-0.25, -0.2) is 13.9 Å². The lowest BCUT2D eigenvalue weighted by Crippen LogP contribution is -2.29. The number of benzene rings is 1. The predicted octanol–water partition coefficient (Wildman–Crippen LogP) is 2.51. The van der Waals surface area contributed by atoms with Crippen molar-refractivity contribution in [3.05, 3.63) is 62.1 Å². The minimum atomic E-state index is -0.490. The smallest absolute Gasteiger partial charge is 0.324 e. The van der Waals surface area contributed by atoms with Crippen LogP contribution in [-0.2, 0) is 17.9 Å². The van der Waals surface area contributed by atoms with Gasteiger partial charge in [0.05, 0.1) is 5.52 Å². The molecule has 3 aromatic heterocycles. The average molecular weight is 439 g/mol. The van der Waals surface area contributed by atoms with Crippen LogP contribution in [0.3, 0.4) is 0 Å². The zero-order chi connectivity index (χ0) is 22.1. The van der Waals surface area contributed by atoms with E-state index in [4.69, 9.17) is 0 Å². The largest absolute Gasteiger partial charge is 0.352 e. The van der Waals surface area contributed by atoms with E-state index in [1.165, 1.54) is 27.2 Å². The van der Waals surface area contributed by atoms with Gasteiger partial charge in [-0.3, -0.25) is 19.0 Å². The van der Waals surface area contributed by atoms with Crippen molar-refractivity contribution in [1.29, 1.82) is 0 Å². The monoisotopic (exact) mass is 439 g/mol. The fourth-order valence-electron chi connectivity index (χ4n) is 3.41. The lowest BCUT2D eigenvalue weighted by atomic mass is 10.1. The van der Waals surface area contributed by atoms with Gasteiger partial charge in [0.15, 0.2) is 5.78 Å². The van der Waals surface area contributed by atoms with Gasteiger partial charge >= 0.3 is 5.69 Å². The molecule has 0 saturated heterocycles. The van der Waals surface area contributed by atoms with Gasteiger partial charge in [0.25, 0.3) is 5.56 Å². The van der Waals surface area contributed by atoms with Gasteiger partial charge in [0.1, 0.15) is 11.2 Å². The molecule has 4 aromatic rings. The summed E-state index contributed by atoms with van der Waals surface area (Å²) in [5, 5.41) is 8.74. The van der Waals surface area contributed by atoms with Gasteiger partial charge in [-0.05, 0) is 36.9 Å². The van der Waals surface area contributed by atoms with Crippen LogP contribution in [0.2, 0.25) is 0 Å². The topological polar surface area (TPSA) is 107 Å². The number of Topliss-reactive ketones (excluding diaryl/α,β-unsaturated/α-hetero) is 1. The summed E-state index contributed by atoms with van der Waals surface area (Å²) in [7, 11) is 0. The van der Waals surface area contributed by atoms with Crippen molar-refractivity contribution in [2.45, 2.75) is 39.8 Å². The highest BCUT2D eigenvalue weighted by Gasteiger charge is 2.19. The third-order valence-corrected chi connectivity index (χ3v) is 5.86.